The monoisotopic (exact) mass is 259 g/mol. The summed E-state index contributed by atoms with van der Waals surface area (Å²) < 4.78 is 5.44. The lowest BCUT2D eigenvalue weighted by Gasteiger charge is -2.42. The van der Waals surface area contributed by atoms with Gasteiger partial charge in [-0.3, -0.25) is 9.69 Å². The van der Waals surface area contributed by atoms with E-state index in [1.165, 1.54) is 0 Å². The summed E-state index contributed by atoms with van der Waals surface area (Å²) in [5, 5.41) is 0. The van der Waals surface area contributed by atoms with E-state index in [0.717, 1.165) is 57.6 Å². The molecule has 1 saturated heterocycles. The van der Waals surface area contributed by atoms with Crippen molar-refractivity contribution in [3.63, 3.8) is 0 Å². The third-order valence-corrected chi connectivity index (χ3v) is 4.51. The zero-order chi connectivity index (χ0) is 13.1. The molecule has 102 valence electrons. The molecule has 3 rings (SSSR count). The summed E-state index contributed by atoms with van der Waals surface area (Å²) in [6, 6.07) is 9.77. The largest absolute Gasteiger partial charge is 0.379 e. The third-order valence-electron chi connectivity index (χ3n) is 4.51. The predicted octanol–water partition coefficient (Wildman–Crippen LogP) is 2.51. The number of benzene rings is 1. The molecular formula is C16H21NO2. The molecule has 0 radical (unpaired) electrons. The highest BCUT2D eigenvalue weighted by Crippen LogP contribution is 2.38. The van der Waals surface area contributed by atoms with E-state index in [4.69, 9.17) is 4.74 Å². The van der Waals surface area contributed by atoms with Crippen LogP contribution < -0.4 is 0 Å². The molecule has 0 atom stereocenters. The van der Waals surface area contributed by atoms with E-state index >= 15 is 0 Å². The molecule has 0 bridgehead atoms. The van der Waals surface area contributed by atoms with Crippen LogP contribution in [0, 0.1) is 0 Å². The van der Waals surface area contributed by atoms with Gasteiger partial charge in [0.05, 0.1) is 18.8 Å². The van der Waals surface area contributed by atoms with Crippen molar-refractivity contribution in [2.24, 2.45) is 0 Å². The van der Waals surface area contributed by atoms with Gasteiger partial charge < -0.3 is 4.74 Å². The standard InChI is InChI=1S/C16H21NO2/c18-15(14-6-2-1-3-7-14)16(8-4-5-9-16)17-10-12-19-13-11-17/h1-3,6-7H,4-5,8-13H2. The first-order valence-corrected chi connectivity index (χ1v) is 7.26. The van der Waals surface area contributed by atoms with Crippen LogP contribution in [0.2, 0.25) is 0 Å². The Bertz CT molecular complexity index is 431. The van der Waals surface area contributed by atoms with Crippen molar-refractivity contribution >= 4 is 5.78 Å². The Morgan fingerprint density at radius 2 is 1.68 bits per heavy atom. The quantitative estimate of drug-likeness (QED) is 0.781. The molecule has 2 aliphatic rings. The van der Waals surface area contributed by atoms with E-state index in [0.29, 0.717) is 5.78 Å². The van der Waals surface area contributed by atoms with Crippen LogP contribution in [0.25, 0.3) is 0 Å². The SMILES string of the molecule is O=C(c1ccccc1)C1(N2CCOCC2)CCCC1. The summed E-state index contributed by atoms with van der Waals surface area (Å²) in [6.45, 7) is 3.28. The summed E-state index contributed by atoms with van der Waals surface area (Å²) in [6.07, 6.45) is 4.33. The molecule has 2 fully saturated rings. The third kappa shape index (κ3) is 2.33. The average Bonchev–Trinajstić information content (AvgIpc) is 2.99. The van der Waals surface area contributed by atoms with Gasteiger partial charge in [0, 0.05) is 18.7 Å². The van der Waals surface area contributed by atoms with Gasteiger partial charge in [-0.25, -0.2) is 0 Å². The first kappa shape index (κ1) is 12.8. The minimum atomic E-state index is -0.259. The van der Waals surface area contributed by atoms with Crippen molar-refractivity contribution in [3.05, 3.63) is 35.9 Å². The summed E-state index contributed by atoms with van der Waals surface area (Å²) in [7, 11) is 0. The van der Waals surface area contributed by atoms with Crippen LogP contribution >= 0.6 is 0 Å². The first-order chi connectivity index (χ1) is 9.33. The van der Waals surface area contributed by atoms with E-state index in [2.05, 4.69) is 4.90 Å². The molecule has 0 N–H and O–H groups in total. The van der Waals surface area contributed by atoms with Crippen molar-refractivity contribution in [2.75, 3.05) is 26.3 Å². The molecular weight excluding hydrogens is 238 g/mol. The highest BCUT2D eigenvalue weighted by atomic mass is 16.5. The predicted molar refractivity (Wildman–Crippen MR) is 74.4 cm³/mol. The number of carbonyl (C=O) groups excluding carboxylic acids is 1. The lowest BCUT2D eigenvalue weighted by molar-refractivity contribution is -0.0130. The molecule has 1 aliphatic heterocycles. The second kappa shape index (κ2) is 5.43. The lowest BCUT2D eigenvalue weighted by atomic mass is 9.85. The van der Waals surface area contributed by atoms with E-state index < -0.39 is 0 Å². The molecule has 0 aromatic heterocycles. The van der Waals surface area contributed by atoms with Crippen LogP contribution in [-0.4, -0.2) is 42.5 Å². The van der Waals surface area contributed by atoms with E-state index in [1.54, 1.807) is 0 Å². The van der Waals surface area contributed by atoms with Crippen LogP contribution in [0.3, 0.4) is 0 Å². The van der Waals surface area contributed by atoms with Crippen molar-refractivity contribution in [3.8, 4) is 0 Å². The van der Waals surface area contributed by atoms with E-state index in [9.17, 15) is 4.79 Å². The van der Waals surface area contributed by atoms with Crippen molar-refractivity contribution in [1.82, 2.24) is 4.90 Å². The average molecular weight is 259 g/mol. The van der Waals surface area contributed by atoms with Gasteiger partial charge in [0.25, 0.3) is 0 Å². The summed E-state index contributed by atoms with van der Waals surface area (Å²) in [5.41, 5.74) is 0.599. The summed E-state index contributed by atoms with van der Waals surface area (Å²) in [5.74, 6) is 0.313. The van der Waals surface area contributed by atoms with Crippen LogP contribution in [0.15, 0.2) is 30.3 Å². The fourth-order valence-corrected chi connectivity index (χ4v) is 3.50. The Labute approximate surface area is 114 Å². The van der Waals surface area contributed by atoms with Crippen LogP contribution in [0.5, 0.6) is 0 Å². The molecule has 1 heterocycles. The number of nitrogens with zero attached hydrogens (tertiary/aromatic N) is 1. The van der Waals surface area contributed by atoms with Gasteiger partial charge >= 0.3 is 0 Å². The number of morpholine rings is 1. The van der Waals surface area contributed by atoms with Crippen LogP contribution in [0.1, 0.15) is 36.0 Å². The fourth-order valence-electron chi connectivity index (χ4n) is 3.50. The maximum absolute atomic E-state index is 13.0. The zero-order valence-electron chi connectivity index (χ0n) is 11.3. The van der Waals surface area contributed by atoms with Gasteiger partial charge in [0.15, 0.2) is 5.78 Å². The van der Waals surface area contributed by atoms with E-state index in [-0.39, 0.29) is 5.54 Å². The van der Waals surface area contributed by atoms with Gasteiger partial charge in [-0.05, 0) is 12.8 Å². The molecule has 0 amide bonds. The van der Waals surface area contributed by atoms with Crippen molar-refractivity contribution < 1.29 is 9.53 Å². The Kier molecular flexibility index (Phi) is 3.67. The molecule has 3 heteroatoms. The number of hydrogen-bond donors (Lipinski definition) is 0. The van der Waals surface area contributed by atoms with Gasteiger partial charge in [0.2, 0.25) is 0 Å². The molecule has 1 aliphatic carbocycles. The molecule has 19 heavy (non-hydrogen) atoms. The number of ketones is 1. The molecule has 1 aromatic rings. The normalized spacial score (nSPS) is 23.4. The first-order valence-electron chi connectivity index (χ1n) is 7.26. The lowest BCUT2D eigenvalue weighted by Crippen LogP contribution is -2.56. The Morgan fingerprint density at radius 1 is 1.05 bits per heavy atom. The highest BCUT2D eigenvalue weighted by molar-refractivity contribution is 6.03. The summed E-state index contributed by atoms with van der Waals surface area (Å²) >= 11 is 0. The Hall–Kier alpha value is -1.19. The topological polar surface area (TPSA) is 29.5 Å². The number of Topliss-reactive ketones (excluding diaryl/α,β-unsaturated/α-hetero) is 1. The second-order valence-corrected chi connectivity index (χ2v) is 5.53. The van der Waals surface area contributed by atoms with Gasteiger partial charge in [-0.2, -0.15) is 0 Å². The maximum Gasteiger partial charge on any atom is 0.183 e. The van der Waals surface area contributed by atoms with Gasteiger partial charge in [-0.15, -0.1) is 0 Å². The van der Waals surface area contributed by atoms with Gasteiger partial charge in [0.1, 0.15) is 0 Å². The fraction of sp³-hybridized carbons (Fsp3) is 0.562. The smallest absolute Gasteiger partial charge is 0.183 e. The molecule has 3 nitrogen and oxygen atoms in total. The Morgan fingerprint density at radius 3 is 2.32 bits per heavy atom. The minimum absolute atomic E-state index is 0.259. The van der Waals surface area contributed by atoms with Crippen LogP contribution in [-0.2, 0) is 4.74 Å². The number of carbonyl (C=O) groups is 1. The van der Waals surface area contributed by atoms with E-state index in [1.807, 2.05) is 30.3 Å². The Balaban J connectivity index is 1.89. The van der Waals surface area contributed by atoms with Crippen molar-refractivity contribution in [2.45, 2.75) is 31.2 Å². The zero-order valence-corrected chi connectivity index (χ0v) is 11.3. The number of hydrogen-bond acceptors (Lipinski definition) is 3. The molecule has 1 saturated carbocycles. The minimum Gasteiger partial charge on any atom is -0.379 e. The van der Waals surface area contributed by atoms with Crippen LogP contribution in [0.4, 0.5) is 0 Å². The van der Waals surface area contributed by atoms with Crippen molar-refractivity contribution in [1.29, 1.82) is 0 Å². The van der Waals surface area contributed by atoms with Gasteiger partial charge in [-0.1, -0.05) is 43.2 Å². The summed E-state index contributed by atoms with van der Waals surface area (Å²) in [4.78, 5) is 15.4. The second-order valence-electron chi connectivity index (χ2n) is 5.53. The molecule has 0 unspecified atom stereocenters. The maximum atomic E-state index is 13.0. The number of rotatable bonds is 3. The number of ether oxygens (including phenoxy) is 1. The highest BCUT2D eigenvalue weighted by Gasteiger charge is 2.46. The molecule has 0 spiro atoms. The molecule has 1 aromatic carbocycles.